The van der Waals surface area contributed by atoms with Gasteiger partial charge in [0.25, 0.3) is 5.91 Å². The highest BCUT2D eigenvalue weighted by Gasteiger charge is 2.04. The summed E-state index contributed by atoms with van der Waals surface area (Å²) in [6.07, 6.45) is 3.14. The van der Waals surface area contributed by atoms with Crippen LogP contribution in [0.1, 0.15) is 21.5 Å². The molecule has 0 aliphatic heterocycles. The Hall–Kier alpha value is -2.89. The zero-order chi connectivity index (χ0) is 14.4. The third-order valence-corrected chi connectivity index (χ3v) is 2.75. The Kier molecular flexibility index (Phi) is 4.28. The number of pyridine rings is 1. The summed E-state index contributed by atoms with van der Waals surface area (Å²) in [5.41, 5.74) is 7.57. The zero-order valence-corrected chi connectivity index (χ0v) is 10.7. The van der Waals surface area contributed by atoms with Crippen LogP contribution in [0.25, 0.3) is 0 Å². The van der Waals surface area contributed by atoms with E-state index < -0.39 is 0 Å². The Morgan fingerprint density at radius 1 is 1.15 bits per heavy atom. The maximum atomic E-state index is 11.8. The molecule has 0 fully saturated rings. The van der Waals surface area contributed by atoms with E-state index in [9.17, 15) is 4.79 Å². The molecule has 20 heavy (non-hydrogen) atoms. The molecule has 0 atom stereocenters. The first-order valence-electron chi connectivity index (χ1n) is 5.96. The normalized spacial score (nSPS) is 11.1. The van der Waals surface area contributed by atoms with Crippen LogP contribution in [-0.4, -0.2) is 21.9 Å². The number of nitrogens with two attached hydrogens (primary N) is 1. The smallest absolute Gasteiger partial charge is 0.251 e. The van der Waals surface area contributed by atoms with Gasteiger partial charge in [0, 0.05) is 30.1 Å². The molecule has 0 saturated heterocycles. The number of aromatic nitrogens is 1. The Morgan fingerprint density at radius 3 is 2.40 bits per heavy atom. The predicted molar refractivity (Wildman–Crippen MR) is 74.4 cm³/mol. The minimum absolute atomic E-state index is 0.0531. The molecule has 0 saturated carbocycles. The monoisotopic (exact) mass is 270 g/mol. The van der Waals surface area contributed by atoms with Crippen LogP contribution in [0, 0.1) is 0 Å². The molecular formula is C14H14N4O2. The van der Waals surface area contributed by atoms with Crippen molar-refractivity contribution in [2.75, 3.05) is 0 Å². The molecule has 102 valence electrons. The molecular weight excluding hydrogens is 256 g/mol. The van der Waals surface area contributed by atoms with Crippen molar-refractivity contribution in [1.82, 2.24) is 10.3 Å². The number of amides is 1. The van der Waals surface area contributed by atoms with Gasteiger partial charge in [-0.3, -0.25) is 9.78 Å². The fourth-order valence-electron chi connectivity index (χ4n) is 1.64. The van der Waals surface area contributed by atoms with Crippen molar-refractivity contribution in [3.05, 3.63) is 65.5 Å². The fraction of sp³-hybridized carbons (Fsp3) is 0.0714. The number of nitrogens with one attached hydrogen (secondary N) is 1. The molecule has 1 aromatic carbocycles. The van der Waals surface area contributed by atoms with Gasteiger partial charge in [-0.1, -0.05) is 29.4 Å². The first-order chi connectivity index (χ1) is 9.70. The number of carbonyl (C=O) groups excluding carboxylic acids is 1. The average Bonchev–Trinajstić information content (AvgIpc) is 2.53. The Morgan fingerprint density at radius 2 is 1.80 bits per heavy atom. The maximum absolute atomic E-state index is 11.8. The number of oxime groups is 1. The maximum Gasteiger partial charge on any atom is 0.251 e. The van der Waals surface area contributed by atoms with E-state index >= 15 is 0 Å². The molecule has 4 N–H and O–H groups in total. The SMILES string of the molecule is NC(=NO)c1ccc(CNC(=O)c2ccncc2)cc1. The molecule has 1 heterocycles. The molecule has 6 nitrogen and oxygen atoms in total. The Balaban J connectivity index is 1.96. The van der Waals surface area contributed by atoms with E-state index in [1.807, 2.05) is 0 Å². The van der Waals surface area contributed by atoms with Crippen LogP contribution in [0.2, 0.25) is 0 Å². The lowest BCUT2D eigenvalue weighted by Gasteiger charge is -2.06. The molecule has 0 spiro atoms. The van der Waals surface area contributed by atoms with E-state index in [0.29, 0.717) is 17.7 Å². The lowest BCUT2D eigenvalue weighted by molar-refractivity contribution is 0.0951. The average molecular weight is 270 g/mol. The van der Waals surface area contributed by atoms with Crippen LogP contribution in [0.4, 0.5) is 0 Å². The molecule has 0 aliphatic rings. The topological polar surface area (TPSA) is 101 Å². The van der Waals surface area contributed by atoms with E-state index in [-0.39, 0.29) is 11.7 Å². The van der Waals surface area contributed by atoms with Gasteiger partial charge >= 0.3 is 0 Å². The number of amidine groups is 1. The van der Waals surface area contributed by atoms with Crippen LogP contribution >= 0.6 is 0 Å². The van der Waals surface area contributed by atoms with E-state index in [4.69, 9.17) is 10.9 Å². The van der Waals surface area contributed by atoms with Crippen molar-refractivity contribution < 1.29 is 10.0 Å². The van der Waals surface area contributed by atoms with Gasteiger partial charge in [0.05, 0.1) is 0 Å². The van der Waals surface area contributed by atoms with Gasteiger partial charge in [-0.2, -0.15) is 0 Å². The quantitative estimate of drug-likeness (QED) is 0.335. The summed E-state index contributed by atoms with van der Waals surface area (Å²) in [6.45, 7) is 0.400. The number of benzene rings is 1. The Labute approximate surface area is 115 Å². The molecule has 1 aromatic heterocycles. The molecule has 0 radical (unpaired) electrons. The van der Waals surface area contributed by atoms with Gasteiger partial charge in [-0.25, -0.2) is 0 Å². The summed E-state index contributed by atoms with van der Waals surface area (Å²) in [4.78, 5) is 15.7. The molecule has 0 aliphatic carbocycles. The van der Waals surface area contributed by atoms with Crippen molar-refractivity contribution in [3.8, 4) is 0 Å². The van der Waals surface area contributed by atoms with Gasteiger partial charge in [0.15, 0.2) is 5.84 Å². The highest BCUT2D eigenvalue weighted by molar-refractivity contribution is 5.97. The summed E-state index contributed by atoms with van der Waals surface area (Å²) in [5.74, 6) is -0.106. The van der Waals surface area contributed by atoms with Crippen LogP contribution < -0.4 is 11.1 Å². The van der Waals surface area contributed by atoms with Gasteiger partial charge in [-0.05, 0) is 17.7 Å². The summed E-state index contributed by atoms with van der Waals surface area (Å²) < 4.78 is 0. The number of hydrogen-bond acceptors (Lipinski definition) is 4. The largest absolute Gasteiger partial charge is 0.409 e. The van der Waals surface area contributed by atoms with E-state index in [2.05, 4.69) is 15.5 Å². The highest BCUT2D eigenvalue weighted by atomic mass is 16.4. The lowest BCUT2D eigenvalue weighted by atomic mass is 10.1. The minimum atomic E-state index is -0.159. The molecule has 2 aromatic rings. The second-order valence-corrected chi connectivity index (χ2v) is 4.10. The standard InChI is InChI=1S/C14H14N4O2/c15-13(18-20)11-3-1-10(2-4-11)9-17-14(19)12-5-7-16-8-6-12/h1-8,20H,9H2,(H2,15,18)(H,17,19). The third kappa shape index (κ3) is 3.32. The van der Waals surface area contributed by atoms with Gasteiger partial charge in [0.2, 0.25) is 0 Å². The van der Waals surface area contributed by atoms with E-state index in [0.717, 1.165) is 5.56 Å². The van der Waals surface area contributed by atoms with Crippen molar-refractivity contribution in [1.29, 1.82) is 0 Å². The first-order valence-corrected chi connectivity index (χ1v) is 5.96. The fourth-order valence-corrected chi connectivity index (χ4v) is 1.64. The zero-order valence-electron chi connectivity index (χ0n) is 10.7. The van der Waals surface area contributed by atoms with Crippen LogP contribution in [0.3, 0.4) is 0 Å². The van der Waals surface area contributed by atoms with Crippen LogP contribution in [0.5, 0.6) is 0 Å². The van der Waals surface area contributed by atoms with Crippen molar-refractivity contribution in [2.45, 2.75) is 6.54 Å². The van der Waals surface area contributed by atoms with Crippen LogP contribution in [0.15, 0.2) is 53.9 Å². The summed E-state index contributed by atoms with van der Waals surface area (Å²) in [7, 11) is 0. The van der Waals surface area contributed by atoms with Gasteiger partial charge in [-0.15, -0.1) is 0 Å². The summed E-state index contributed by atoms with van der Waals surface area (Å²) >= 11 is 0. The van der Waals surface area contributed by atoms with Crippen LogP contribution in [-0.2, 0) is 6.54 Å². The number of nitrogens with zero attached hydrogens (tertiary/aromatic N) is 2. The van der Waals surface area contributed by atoms with Crippen molar-refractivity contribution in [3.63, 3.8) is 0 Å². The third-order valence-electron chi connectivity index (χ3n) is 2.75. The predicted octanol–water partition coefficient (Wildman–Crippen LogP) is 1.11. The second-order valence-electron chi connectivity index (χ2n) is 4.10. The minimum Gasteiger partial charge on any atom is -0.409 e. The number of rotatable bonds is 4. The summed E-state index contributed by atoms with van der Waals surface area (Å²) in [5, 5.41) is 14.3. The number of hydrogen-bond donors (Lipinski definition) is 3. The van der Waals surface area contributed by atoms with Gasteiger partial charge in [0.1, 0.15) is 0 Å². The molecule has 0 bridgehead atoms. The highest BCUT2D eigenvalue weighted by Crippen LogP contribution is 2.05. The van der Waals surface area contributed by atoms with Gasteiger partial charge < -0.3 is 16.3 Å². The molecule has 6 heteroatoms. The molecule has 1 amide bonds. The lowest BCUT2D eigenvalue weighted by Crippen LogP contribution is -2.22. The first kappa shape index (κ1) is 13.5. The molecule has 2 rings (SSSR count). The second kappa shape index (κ2) is 6.33. The van der Waals surface area contributed by atoms with Crippen molar-refractivity contribution in [2.24, 2.45) is 10.9 Å². The van der Waals surface area contributed by atoms with E-state index in [1.165, 1.54) is 0 Å². The van der Waals surface area contributed by atoms with Crippen molar-refractivity contribution >= 4 is 11.7 Å². The summed E-state index contributed by atoms with van der Waals surface area (Å²) in [6, 6.07) is 10.4. The van der Waals surface area contributed by atoms with E-state index in [1.54, 1.807) is 48.8 Å². The molecule has 0 unspecified atom stereocenters. The Bertz CT molecular complexity index is 609. The number of carbonyl (C=O) groups is 1.